The van der Waals surface area contributed by atoms with E-state index in [0.717, 1.165) is 6.42 Å². The number of hydrogen-bond acceptors (Lipinski definition) is 0. The summed E-state index contributed by atoms with van der Waals surface area (Å²) in [5.41, 5.74) is 4.10. The Kier molecular flexibility index (Phi) is 4.74. The Labute approximate surface area is 162 Å². The number of hydrogen-bond donors (Lipinski definition) is 0. The highest BCUT2D eigenvalue weighted by Gasteiger charge is 2.08. The van der Waals surface area contributed by atoms with E-state index in [-0.39, 0.29) is 0 Å². The van der Waals surface area contributed by atoms with Crippen LogP contribution in [0, 0.1) is 12.8 Å². The highest BCUT2D eigenvalue weighted by atomic mass is 14.1. The van der Waals surface area contributed by atoms with Crippen LogP contribution in [0.2, 0.25) is 0 Å². The third-order valence-electron chi connectivity index (χ3n) is 5.94. The van der Waals surface area contributed by atoms with Gasteiger partial charge in [-0.05, 0) is 80.4 Å². The summed E-state index contributed by atoms with van der Waals surface area (Å²) in [4.78, 5) is 0. The predicted molar refractivity (Wildman–Crippen MR) is 122 cm³/mol. The van der Waals surface area contributed by atoms with Gasteiger partial charge in [0.25, 0.3) is 0 Å². The standard InChI is InChI=1S/C27H28/c1-5-18(3)7-12-24-19(4)8-13-26-25(24)14-11-22-16-23-15-20(6-2)9-10-21(23)17-27(22)26/h7-18H,5-6H2,1-4H3/b12-7-. The second kappa shape index (κ2) is 7.19. The first-order valence-corrected chi connectivity index (χ1v) is 10.2. The molecule has 0 bridgehead atoms. The van der Waals surface area contributed by atoms with Crippen molar-refractivity contribution in [3.8, 4) is 0 Å². The minimum Gasteiger partial charge on any atom is -0.0811 e. The maximum atomic E-state index is 2.37. The molecule has 0 fully saturated rings. The van der Waals surface area contributed by atoms with Gasteiger partial charge in [-0.15, -0.1) is 0 Å². The summed E-state index contributed by atoms with van der Waals surface area (Å²) in [6.07, 6.45) is 6.93. The molecular weight excluding hydrogens is 324 g/mol. The summed E-state index contributed by atoms with van der Waals surface area (Å²) in [5.74, 6) is 0.608. The fourth-order valence-electron chi connectivity index (χ4n) is 3.91. The zero-order valence-corrected chi connectivity index (χ0v) is 16.8. The van der Waals surface area contributed by atoms with Gasteiger partial charge >= 0.3 is 0 Å². The molecule has 0 saturated heterocycles. The molecule has 0 N–H and O–H groups in total. The van der Waals surface area contributed by atoms with E-state index in [4.69, 9.17) is 0 Å². The fourth-order valence-corrected chi connectivity index (χ4v) is 3.91. The SMILES string of the molecule is CCc1ccc2cc3c(ccc4c(/C=C\C(C)CC)c(C)ccc43)cc2c1. The van der Waals surface area contributed by atoms with Crippen molar-refractivity contribution < 1.29 is 0 Å². The van der Waals surface area contributed by atoms with Crippen molar-refractivity contribution in [2.45, 2.75) is 40.5 Å². The van der Waals surface area contributed by atoms with Crippen LogP contribution in [0.1, 0.15) is 43.9 Å². The molecule has 0 spiro atoms. The molecule has 0 heteroatoms. The smallest absolute Gasteiger partial charge is 0.00988 e. The zero-order valence-electron chi connectivity index (χ0n) is 16.8. The minimum absolute atomic E-state index is 0.608. The number of benzene rings is 4. The van der Waals surface area contributed by atoms with Crippen LogP contribution < -0.4 is 0 Å². The lowest BCUT2D eigenvalue weighted by molar-refractivity contribution is 0.701. The largest absolute Gasteiger partial charge is 0.0811 e. The molecule has 0 aromatic heterocycles. The highest BCUT2D eigenvalue weighted by Crippen LogP contribution is 2.33. The van der Waals surface area contributed by atoms with Crippen LogP contribution in [-0.2, 0) is 6.42 Å². The Hall–Kier alpha value is -2.60. The molecule has 0 radical (unpaired) electrons. The van der Waals surface area contributed by atoms with Crippen molar-refractivity contribution in [1.82, 2.24) is 0 Å². The molecule has 0 amide bonds. The van der Waals surface area contributed by atoms with Crippen molar-refractivity contribution >= 4 is 38.4 Å². The number of allylic oxidation sites excluding steroid dienone is 1. The Bertz CT molecular complexity index is 1160. The molecule has 27 heavy (non-hydrogen) atoms. The number of rotatable bonds is 4. The van der Waals surface area contributed by atoms with Gasteiger partial charge in [-0.3, -0.25) is 0 Å². The molecule has 4 aromatic carbocycles. The molecule has 0 saturated carbocycles. The first-order valence-electron chi connectivity index (χ1n) is 10.2. The Morgan fingerprint density at radius 1 is 0.778 bits per heavy atom. The topological polar surface area (TPSA) is 0 Å². The molecule has 0 nitrogen and oxygen atoms in total. The van der Waals surface area contributed by atoms with Gasteiger partial charge in [-0.1, -0.05) is 81.8 Å². The molecule has 136 valence electrons. The van der Waals surface area contributed by atoms with Crippen molar-refractivity contribution in [2.24, 2.45) is 5.92 Å². The van der Waals surface area contributed by atoms with Crippen LogP contribution in [0.25, 0.3) is 38.4 Å². The molecule has 4 rings (SSSR count). The molecular formula is C27H28. The van der Waals surface area contributed by atoms with Crippen molar-refractivity contribution in [1.29, 1.82) is 0 Å². The monoisotopic (exact) mass is 352 g/mol. The van der Waals surface area contributed by atoms with Crippen LogP contribution in [-0.4, -0.2) is 0 Å². The third-order valence-corrected chi connectivity index (χ3v) is 5.94. The number of fused-ring (bicyclic) bond motifs is 4. The van der Waals surface area contributed by atoms with Gasteiger partial charge in [0.05, 0.1) is 0 Å². The van der Waals surface area contributed by atoms with E-state index in [9.17, 15) is 0 Å². The van der Waals surface area contributed by atoms with E-state index >= 15 is 0 Å². The van der Waals surface area contributed by atoms with Gasteiger partial charge in [0.2, 0.25) is 0 Å². The van der Waals surface area contributed by atoms with E-state index in [1.165, 1.54) is 55.4 Å². The molecule has 0 aliphatic heterocycles. The Morgan fingerprint density at radius 3 is 2.33 bits per heavy atom. The predicted octanol–water partition coefficient (Wildman–Crippen LogP) is 8.08. The lowest BCUT2D eigenvalue weighted by Gasteiger charge is -2.12. The molecule has 1 atom stereocenters. The Morgan fingerprint density at radius 2 is 1.56 bits per heavy atom. The van der Waals surface area contributed by atoms with Crippen LogP contribution in [0.15, 0.2) is 60.7 Å². The maximum absolute atomic E-state index is 2.37. The second-order valence-electron chi connectivity index (χ2n) is 7.81. The quantitative estimate of drug-likeness (QED) is 0.257. The van der Waals surface area contributed by atoms with Crippen molar-refractivity contribution in [3.05, 3.63) is 77.4 Å². The summed E-state index contributed by atoms with van der Waals surface area (Å²) in [7, 11) is 0. The first kappa shape index (κ1) is 17.8. The third kappa shape index (κ3) is 3.25. The van der Waals surface area contributed by atoms with E-state index in [1.54, 1.807) is 0 Å². The second-order valence-corrected chi connectivity index (χ2v) is 7.81. The molecule has 0 aliphatic carbocycles. The van der Waals surface area contributed by atoms with Crippen LogP contribution >= 0.6 is 0 Å². The van der Waals surface area contributed by atoms with Crippen LogP contribution in [0.5, 0.6) is 0 Å². The molecule has 0 aliphatic rings. The average molecular weight is 353 g/mol. The summed E-state index contributed by atoms with van der Waals surface area (Å²) in [6, 6.07) is 20.7. The van der Waals surface area contributed by atoms with Gasteiger partial charge in [0, 0.05) is 0 Å². The van der Waals surface area contributed by atoms with Crippen LogP contribution in [0.3, 0.4) is 0 Å². The van der Waals surface area contributed by atoms with Crippen molar-refractivity contribution in [2.75, 3.05) is 0 Å². The van der Waals surface area contributed by atoms with E-state index < -0.39 is 0 Å². The number of aryl methyl sites for hydroxylation is 2. The normalized spacial score (nSPS) is 13.2. The summed E-state index contributed by atoms with van der Waals surface area (Å²) >= 11 is 0. The minimum atomic E-state index is 0.608. The lowest BCUT2D eigenvalue weighted by atomic mass is 9.92. The molecule has 1 unspecified atom stereocenters. The van der Waals surface area contributed by atoms with E-state index in [2.05, 4.69) is 94.4 Å². The highest BCUT2D eigenvalue weighted by molar-refractivity contribution is 6.14. The molecule has 0 heterocycles. The molecule has 4 aromatic rings. The van der Waals surface area contributed by atoms with Crippen molar-refractivity contribution in [3.63, 3.8) is 0 Å². The summed E-state index contributed by atoms with van der Waals surface area (Å²) in [6.45, 7) is 8.95. The van der Waals surface area contributed by atoms with E-state index in [0.29, 0.717) is 5.92 Å². The lowest BCUT2D eigenvalue weighted by Crippen LogP contribution is -1.89. The average Bonchev–Trinajstić information content (AvgIpc) is 2.70. The first-order chi connectivity index (χ1) is 13.1. The van der Waals surface area contributed by atoms with Gasteiger partial charge in [-0.2, -0.15) is 0 Å². The summed E-state index contributed by atoms with van der Waals surface area (Å²) in [5, 5.41) is 8.04. The maximum Gasteiger partial charge on any atom is -0.00988 e. The van der Waals surface area contributed by atoms with Crippen LogP contribution in [0.4, 0.5) is 0 Å². The Balaban J connectivity index is 1.98. The van der Waals surface area contributed by atoms with Gasteiger partial charge in [0.15, 0.2) is 0 Å². The van der Waals surface area contributed by atoms with Gasteiger partial charge in [0.1, 0.15) is 0 Å². The van der Waals surface area contributed by atoms with Gasteiger partial charge in [-0.25, -0.2) is 0 Å². The van der Waals surface area contributed by atoms with E-state index in [1.807, 2.05) is 0 Å². The van der Waals surface area contributed by atoms with Gasteiger partial charge < -0.3 is 0 Å². The zero-order chi connectivity index (χ0) is 19.0. The fraction of sp³-hybridized carbons (Fsp3) is 0.259. The summed E-state index contributed by atoms with van der Waals surface area (Å²) < 4.78 is 0.